The smallest absolute Gasteiger partial charge is 0.247 e. The molecule has 4 rings (SSSR count). The third-order valence-electron chi connectivity index (χ3n) is 6.34. The van der Waals surface area contributed by atoms with Gasteiger partial charge in [0, 0.05) is 25.6 Å². The first-order valence-corrected chi connectivity index (χ1v) is 11.9. The van der Waals surface area contributed by atoms with Gasteiger partial charge in [0.15, 0.2) is 0 Å². The Kier molecular flexibility index (Phi) is 8.21. The highest BCUT2D eigenvalue weighted by Gasteiger charge is 2.21. The molecule has 1 aliphatic heterocycles. The van der Waals surface area contributed by atoms with Crippen molar-refractivity contribution >= 4 is 23.7 Å². The lowest BCUT2D eigenvalue weighted by molar-refractivity contribution is -0.118. The lowest BCUT2D eigenvalue weighted by Gasteiger charge is -2.31. The summed E-state index contributed by atoms with van der Waals surface area (Å²) in [6.07, 6.45) is 5.27. The summed E-state index contributed by atoms with van der Waals surface area (Å²) >= 11 is 0. The minimum atomic E-state index is -0.529. The van der Waals surface area contributed by atoms with Gasteiger partial charge in [0.25, 0.3) is 0 Å². The summed E-state index contributed by atoms with van der Waals surface area (Å²) in [5.74, 6) is 0.469. The van der Waals surface area contributed by atoms with Crippen LogP contribution in [0.2, 0.25) is 0 Å². The Morgan fingerprint density at radius 2 is 1.83 bits per heavy atom. The van der Waals surface area contributed by atoms with Gasteiger partial charge >= 0.3 is 0 Å². The van der Waals surface area contributed by atoms with Gasteiger partial charge in [0.2, 0.25) is 5.91 Å². The number of nitrogens with one attached hydrogen (secondary N) is 2. The summed E-state index contributed by atoms with van der Waals surface area (Å²) in [5, 5.41) is 15.3. The van der Waals surface area contributed by atoms with Crippen molar-refractivity contribution in [2.75, 3.05) is 29.9 Å². The first-order valence-electron chi connectivity index (χ1n) is 11.9. The van der Waals surface area contributed by atoms with Crippen LogP contribution in [0.5, 0.6) is 0 Å². The van der Waals surface area contributed by atoms with E-state index in [1.165, 1.54) is 0 Å². The molecule has 2 heterocycles. The SMILES string of the molecule is N#Cc1ccc(CCNC(C(=O)Nc2ccc(N3CCC(C=O)CC3)cn2)c2ccccc2)cc1. The average molecular weight is 468 g/mol. The number of anilines is 2. The molecule has 1 amide bonds. The maximum Gasteiger partial charge on any atom is 0.247 e. The van der Waals surface area contributed by atoms with Gasteiger partial charge in [0.05, 0.1) is 23.5 Å². The Morgan fingerprint density at radius 1 is 1.09 bits per heavy atom. The molecule has 1 aromatic heterocycles. The second kappa shape index (κ2) is 11.9. The number of pyridine rings is 1. The summed E-state index contributed by atoms with van der Waals surface area (Å²) in [4.78, 5) is 30.9. The van der Waals surface area contributed by atoms with Crippen molar-refractivity contribution in [1.29, 1.82) is 5.26 Å². The van der Waals surface area contributed by atoms with Gasteiger partial charge in [-0.3, -0.25) is 4.79 Å². The third-order valence-corrected chi connectivity index (χ3v) is 6.34. The Morgan fingerprint density at radius 3 is 2.46 bits per heavy atom. The highest BCUT2D eigenvalue weighted by atomic mass is 16.2. The molecule has 0 radical (unpaired) electrons. The molecule has 3 aromatic rings. The van der Waals surface area contributed by atoms with Crippen molar-refractivity contribution in [1.82, 2.24) is 10.3 Å². The third kappa shape index (κ3) is 6.52. The molecule has 1 atom stereocenters. The van der Waals surface area contributed by atoms with Crippen LogP contribution in [0.1, 0.15) is 35.6 Å². The van der Waals surface area contributed by atoms with E-state index in [1.807, 2.05) is 54.6 Å². The van der Waals surface area contributed by atoms with Crippen LogP contribution in [0, 0.1) is 17.2 Å². The van der Waals surface area contributed by atoms with E-state index in [-0.39, 0.29) is 11.8 Å². The maximum atomic E-state index is 13.2. The largest absolute Gasteiger partial charge is 0.370 e. The van der Waals surface area contributed by atoms with Crippen molar-refractivity contribution in [2.24, 2.45) is 5.92 Å². The number of nitrogens with zero attached hydrogens (tertiary/aromatic N) is 3. The second-order valence-corrected chi connectivity index (χ2v) is 8.71. The van der Waals surface area contributed by atoms with Gasteiger partial charge in [-0.1, -0.05) is 42.5 Å². The summed E-state index contributed by atoms with van der Waals surface area (Å²) in [6, 6.07) is 22.5. The van der Waals surface area contributed by atoms with Gasteiger partial charge in [-0.2, -0.15) is 5.26 Å². The fourth-order valence-corrected chi connectivity index (χ4v) is 4.25. The Bertz CT molecular complexity index is 1150. The highest BCUT2D eigenvalue weighted by Crippen LogP contribution is 2.23. The molecule has 0 saturated carbocycles. The van der Waals surface area contributed by atoms with Crippen LogP contribution >= 0.6 is 0 Å². The monoisotopic (exact) mass is 467 g/mol. The van der Waals surface area contributed by atoms with Gasteiger partial charge in [-0.05, 0) is 54.7 Å². The lowest BCUT2D eigenvalue weighted by Crippen LogP contribution is -2.35. The Labute approximate surface area is 205 Å². The average Bonchev–Trinajstić information content (AvgIpc) is 2.92. The van der Waals surface area contributed by atoms with Crippen molar-refractivity contribution in [3.05, 3.63) is 89.6 Å². The minimum absolute atomic E-state index is 0.150. The quantitative estimate of drug-likeness (QED) is 0.464. The summed E-state index contributed by atoms with van der Waals surface area (Å²) < 4.78 is 0. The number of amides is 1. The number of nitriles is 1. The molecule has 2 N–H and O–H groups in total. The molecule has 0 bridgehead atoms. The number of carbonyl (C=O) groups is 2. The highest BCUT2D eigenvalue weighted by molar-refractivity contribution is 5.94. The molecule has 178 valence electrons. The van der Waals surface area contributed by atoms with Crippen LogP contribution in [0.3, 0.4) is 0 Å². The molecule has 7 heteroatoms. The fourth-order valence-electron chi connectivity index (χ4n) is 4.25. The summed E-state index contributed by atoms with van der Waals surface area (Å²) in [5.41, 5.74) is 3.59. The number of aromatic nitrogens is 1. The van der Waals surface area contributed by atoms with Crippen molar-refractivity contribution in [2.45, 2.75) is 25.3 Å². The predicted octanol–water partition coefficient (Wildman–Crippen LogP) is 3.88. The van der Waals surface area contributed by atoms with Crippen molar-refractivity contribution < 1.29 is 9.59 Å². The van der Waals surface area contributed by atoms with Gasteiger partial charge in [-0.15, -0.1) is 0 Å². The van der Waals surface area contributed by atoms with E-state index in [2.05, 4.69) is 26.6 Å². The van der Waals surface area contributed by atoms with Crippen LogP contribution in [0.15, 0.2) is 72.9 Å². The number of aldehydes is 1. The van der Waals surface area contributed by atoms with Crippen LogP contribution in [-0.2, 0) is 16.0 Å². The topological polar surface area (TPSA) is 98.1 Å². The van der Waals surface area contributed by atoms with Crippen molar-refractivity contribution in [3.63, 3.8) is 0 Å². The molecule has 0 aliphatic carbocycles. The van der Waals surface area contributed by atoms with Crippen molar-refractivity contribution in [3.8, 4) is 6.07 Å². The minimum Gasteiger partial charge on any atom is -0.370 e. The Hall–Kier alpha value is -4.02. The normalized spacial score (nSPS) is 14.7. The molecule has 1 fully saturated rings. The number of benzene rings is 2. The molecule has 35 heavy (non-hydrogen) atoms. The van der Waals surface area contributed by atoms with E-state index in [9.17, 15) is 9.59 Å². The summed E-state index contributed by atoms with van der Waals surface area (Å²) in [7, 11) is 0. The number of hydrogen-bond acceptors (Lipinski definition) is 6. The zero-order valence-electron chi connectivity index (χ0n) is 19.6. The number of hydrogen-bond donors (Lipinski definition) is 2. The van der Waals surface area contributed by atoms with E-state index < -0.39 is 6.04 Å². The van der Waals surface area contributed by atoms with Crippen LogP contribution in [0.4, 0.5) is 11.5 Å². The predicted molar refractivity (Wildman–Crippen MR) is 136 cm³/mol. The van der Waals surface area contributed by atoms with E-state index >= 15 is 0 Å². The van der Waals surface area contributed by atoms with E-state index in [0.717, 1.165) is 55.5 Å². The molecule has 7 nitrogen and oxygen atoms in total. The molecule has 1 unspecified atom stereocenters. The van der Waals surface area contributed by atoms with Crippen LogP contribution in [-0.4, -0.2) is 36.8 Å². The zero-order chi connectivity index (χ0) is 24.5. The summed E-state index contributed by atoms with van der Waals surface area (Å²) in [6.45, 7) is 2.26. The van der Waals surface area contributed by atoms with Gasteiger partial charge in [0.1, 0.15) is 18.1 Å². The van der Waals surface area contributed by atoms with Gasteiger partial charge < -0.3 is 20.3 Å². The number of carbonyl (C=O) groups excluding carboxylic acids is 2. The standard InChI is InChI=1S/C28H29N5O2/c29-18-22-8-6-21(7-9-22)12-15-30-27(24-4-2-1-3-5-24)28(35)32-26-11-10-25(19-31-26)33-16-13-23(20-34)14-17-33/h1-11,19-20,23,27,30H,12-17H2,(H,31,32,35). The maximum absolute atomic E-state index is 13.2. The van der Waals surface area contributed by atoms with E-state index in [4.69, 9.17) is 5.26 Å². The van der Waals surface area contributed by atoms with Gasteiger partial charge in [-0.25, -0.2) is 4.98 Å². The molecule has 2 aromatic carbocycles. The van der Waals surface area contributed by atoms with E-state index in [0.29, 0.717) is 17.9 Å². The first-order chi connectivity index (χ1) is 17.2. The second-order valence-electron chi connectivity index (χ2n) is 8.71. The molecule has 1 aliphatic rings. The Balaban J connectivity index is 1.38. The van der Waals surface area contributed by atoms with Crippen LogP contribution in [0.25, 0.3) is 0 Å². The fraction of sp³-hybridized carbons (Fsp3) is 0.286. The molecular weight excluding hydrogens is 438 g/mol. The first kappa shape index (κ1) is 24.1. The molecule has 0 spiro atoms. The zero-order valence-corrected chi connectivity index (χ0v) is 19.6. The van der Waals surface area contributed by atoms with Crippen LogP contribution < -0.4 is 15.5 Å². The number of rotatable bonds is 9. The number of piperidine rings is 1. The lowest BCUT2D eigenvalue weighted by atomic mass is 9.98. The van der Waals surface area contributed by atoms with E-state index in [1.54, 1.807) is 18.3 Å². The molecular formula is C28H29N5O2. The molecule has 1 saturated heterocycles.